The van der Waals surface area contributed by atoms with E-state index < -0.39 is 30.0 Å². The zero-order valence-corrected chi connectivity index (χ0v) is 14.6. The van der Waals surface area contributed by atoms with Crippen LogP contribution in [0.1, 0.15) is 25.5 Å². The van der Waals surface area contributed by atoms with Gasteiger partial charge in [-0.25, -0.2) is 8.78 Å². The molecule has 25 heavy (non-hydrogen) atoms. The van der Waals surface area contributed by atoms with E-state index in [-0.39, 0.29) is 18.2 Å². The summed E-state index contributed by atoms with van der Waals surface area (Å²) in [5.41, 5.74) is 6.12. The maximum atomic E-state index is 13.2. The smallest absolute Gasteiger partial charge is 0.323 e. The van der Waals surface area contributed by atoms with Gasteiger partial charge in [0.1, 0.15) is 29.5 Å². The van der Waals surface area contributed by atoms with Gasteiger partial charge in [-0.1, -0.05) is 12.1 Å². The Morgan fingerprint density at radius 2 is 1.44 bits per heavy atom. The van der Waals surface area contributed by atoms with Crippen molar-refractivity contribution in [2.45, 2.75) is 32.1 Å². The fourth-order valence-corrected chi connectivity index (χ4v) is 2.10. The Labute approximate surface area is 151 Å². The average Bonchev–Trinajstić information content (AvgIpc) is 2.55. The fraction of sp³-hybridized carbons (Fsp3) is 0.278. The first-order valence-corrected chi connectivity index (χ1v) is 7.50. The molecule has 7 heteroatoms. The monoisotopic (exact) mass is 371 g/mol. The lowest BCUT2D eigenvalue weighted by molar-refractivity contribution is -0.154. The van der Waals surface area contributed by atoms with E-state index in [1.165, 1.54) is 43.3 Å². The van der Waals surface area contributed by atoms with Crippen LogP contribution in [-0.4, -0.2) is 18.1 Å². The van der Waals surface area contributed by atoms with Crippen molar-refractivity contribution >= 4 is 18.4 Å². The van der Waals surface area contributed by atoms with Crippen LogP contribution in [0, 0.1) is 11.6 Å². The Morgan fingerprint density at radius 3 is 1.92 bits per heavy atom. The zero-order valence-electron chi connectivity index (χ0n) is 13.8. The molecule has 2 aromatic rings. The van der Waals surface area contributed by atoms with E-state index in [4.69, 9.17) is 15.2 Å². The van der Waals surface area contributed by atoms with Gasteiger partial charge in [0, 0.05) is 0 Å². The summed E-state index contributed by atoms with van der Waals surface area (Å²) in [6.45, 7) is 3.17. The number of hydrogen-bond donors (Lipinski definition) is 1. The first-order valence-electron chi connectivity index (χ1n) is 7.50. The van der Waals surface area contributed by atoms with Gasteiger partial charge in [-0.2, -0.15) is 0 Å². The summed E-state index contributed by atoms with van der Waals surface area (Å²) < 4.78 is 37.3. The Hall–Kier alpha value is -2.18. The number of carbonyl (C=O) groups excluding carboxylic acids is 1. The second-order valence-electron chi connectivity index (χ2n) is 5.47. The number of hydrogen-bond acceptors (Lipinski definition) is 4. The Kier molecular flexibility index (Phi) is 7.80. The van der Waals surface area contributed by atoms with Crippen LogP contribution >= 0.6 is 12.4 Å². The minimum Gasteiger partial charge on any atom is -0.482 e. The summed E-state index contributed by atoms with van der Waals surface area (Å²) in [4.78, 5) is 11.7. The van der Waals surface area contributed by atoms with Crippen LogP contribution in [-0.2, 0) is 9.53 Å². The molecule has 0 spiro atoms. The Bertz CT molecular complexity index is 678. The van der Waals surface area contributed by atoms with E-state index >= 15 is 0 Å². The van der Waals surface area contributed by atoms with E-state index in [1.807, 2.05) is 0 Å². The number of benzene rings is 2. The van der Waals surface area contributed by atoms with Gasteiger partial charge in [-0.15, -0.1) is 12.4 Å². The van der Waals surface area contributed by atoms with Gasteiger partial charge in [0.05, 0.1) is 0 Å². The molecule has 0 bridgehead atoms. The molecule has 2 N–H and O–H groups in total. The standard InChI is InChI=1S/C18H19F2NO3.ClH/c1-11(21)18(22)23-12(2)17(13-3-5-14(19)6-4-13)24-16-9-7-15(20)8-10-16;/h3-12,17H,21H2,1-2H3;1H/t11-,12-,17?;/m0./s1. The maximum absolute atomic E-state index is 13.2. The Morgan fingerprint density at radius 1 is 0.960 bits per heavy atom. The molecule has 0 saturated carbocycles. The lowest BCUT2D eigenvalue weighted by Crippen LogP contribution is -2.34. The van der Waals surface area contributed by atoms with Crippen LogP contribution in [0.4, 0.5) is 8.78 Å². The van der Waals surface area contributed by atoms with Crippen molar-refractivity contribution in [1.82, 2.24) is 0 Å². The fourth-order valence-electron chi connectivity index (χ4n) is 2.10. The average molecular weight is 372 g/mol. The molecule has 0 aliphatic heterocycles. The van der Waals surface area contributed by atoms with Gasteiger partial charge in [-0.05, 0) is 55.8 Å². The highest BCUT2D eigenvalue weighted by Gasteiger charge is 2.26. The van der Waals surface area contributed by atoms with Gasteiger partial charge in [-0.3, -0.25) is 4.79 Å². The van der Waals surface area contributed by atoms with Gasteiger partial charge in [0.2, 0.25) is 0 Å². The topological polar surface area (TPSA) is 61.6 Å². The van der Waals surface area contributed by atoms with Gasteiger partial charge in [0.25, 0.3) is 0 Å². The van der Waals surface area contributed by atoms with E-state index in [0.717, 1.165) is 0 Å². The van der Waals surface area contributed by atoms with Gasteiger partial charge < -0.3 is 15.2 Å². The first kappa shape index (κ1) is 20.9. The summed E-state index contributed by atoms with van der Waals surface area (Å²) >= 11 is 0. The van der Waals surface area contributed by atoms with Crippen LogP contribution in [0.25, 0.3) is 0 Å². The van der Waals surface area contributed by atoms with Crippen molar-refractivity contribution in [2.24, 2.45) is 5.73 Å². The number of nitrogens with two attached hydrogens (primary N) is 1. The predicted molar refractivity (Wildman–Crippen MR) is 92.6 cm³/mol. The third-order valence-electron chi connectivity index (χ3n) is 3.38. The SMILES string of the molecule is C[C@H](N)C(=O)O[C@@H](C)C(Oc1ccc(F)cc1)c1ccc(F)cc1.Cl. The number of carbonyl (C=O) groups is 1. The van der Waals surface area contributed by atoms with Crippen LogP contribution in [0.3, 0.4) is 0 Å². The molecule has 4 nitrogen and oxygen atoms in total. The first-order chi connectivity index (χ1) is 11.4. The largest absolute Gasteiger partial charge is 0.482 e. The van der Waals surface area contributed by atoms with Crippen molar-refractivity contribution in [3.8, 4) is 5.75 Å². The molecule has 2 rings (SSSR count). The predicted octanol–water partition coefficient (Wildman–Crippen LogP) is 3.79. The summed E-state index contributed by atoms with van der Waals surface area (Å²) in [5, 5.41) is 0. The van der Waals surface area contributed by atoms with E-state index in [0.29, 0.717) is 11.3 Å². The van der Waals surface area contributed by atoms with Crippen molar-refractivity contribution in [3.05, 3.63) is 65.7 Å². The zero-order chi connectivity index (χ0) is 17.7. The van der Waals surface area contributed by atoms with Gasteiger partial charge >= 0.3 is 5.97 Å². The number of halogens is 3. The van der Waals surface area contributed by atoms with Crippen LogP contribution < -0.4 is 10.5 Å². The summed E-state index contributed by atoms with van der Waals surface area (Å²) in [5.74, 6) is -0.955. The molecule has 1 unspecified atom stereocenters. The second kappa shape index (κ2) is 9.34. The highest BCUT2D eigenvalue weighted by molar-refractivity contribution is 5.85. The van der Waals surface area contributed by atoms with E-state index in [1.54, 1.807) is 19.1 Å². The molecule has 0 aliphatic rings. The van der Waals surface area contributed by atoms with E-state index in [9.17, 15) is 13.6 Å². The van der Waals surface area contributed by atoms with Crippen LogP contribution in [0.15, 0.2) is 48.5 Å². The minimum absolute atomic E-state index is 0. The molecule has 2 aromatic carbocycles. The number of esters is 1. The quantitative estimate of drug-likeness (QED) is 0.785. The molecule has 0 amide bonds. The lowest BCUT2D eigenvalue weighted by atomic mass is 10.0. The summed E-state index contributed by atoms with van der Waals surface area (Å²) in [7, 11) is 0. The normalized spacial score (nSPS) is 14.0. The molecule has 0 fully saturated rings. The van der Waals surface area contributed by atoms with Crippen molar-refractivity contribution in [3.63, 3.8) is 0 Å². The molecular weight excluding hydrogens is 352 g/mol. The van der Waals surface area contributed by atoms with Crippen molar-refractivity contribution in [1.29, 1.82) is 0 Å². The summed E-state index contributed by atoms with van der Waals surface area (Å²) in [6, 6.07) is 10.3. The van der Waals surface area contributed by atoms with Crippen LogP contribution in [0.5, 0.6) is 5.75 Å². The number of rotatable bonds is 6. The molecule has 0 radical (unpaired) electrons. The molecule has 3 atom stereocenters. The summed E-state index contributed by atoms with van der Waals surface area (Å²) in [6.07, 6.45) is -1.38. The third kappa shape index (κ3) is 5.99. The number of ether oxygens (including phenoxy) is 2. The Balaban J connectivity index is 0.00000312. The lowest BCUT2D eigenvalue weighted by Gasteiger charge is -2.26. The molecular formula is C18H20ClF2NO3. The minimum atomic E-state index is -0.771. The maximum Gasteiger partial charge on any atom is 0.323 e. The molecule has 0 heterocycles. The molecule has 0 aliphatic carbocycles. The molecule has 0 aromatic heterocycles. The van der Waals surface area contributed by atoms with E-state index in [2.05, 4.69) is 0 Å². The molecule has 0 saturated heterocycles. The highest BCUT2D eigenvalue weighted by Crippen LogP contribution is 2.27. The van der Waals surface area contributed by atoms with Crippen LogP contribution in [0.2, 0.25) is 0 Å². The third-order valence-corrected chi connectivity index (χ3v) is 3.38. The molecule has 136 valence electrons. The van der Waals surface area contributed by atoms with Crippen molar-refractivity contribution < 1.29 is 23.0 Å². The highest BCUT2D eigenvalue weighted by atomic mass is 35.5. The van der Waals surface area contributed by atoms with Crippen molar-refractivity contribution in [2.75, 3.05) is 0 Å². The van der Waals surface area contributed by atoms with Gasteiger partial charge in [0.15, 0.2) is 6.10 Å². The second-order valence-corrected chi connectivity index (χ2v) is 5.47.